The Balaban J connectivity index is 1.63. The number of para-hydroxylation sites is 1. The number of hydrogen-bond acceptors (Lipinski definition) is 7. The summed E-state index contributed by atoms with van der Waals surface area (Å²) in [6, 6.07) is 10.1. The quantitative estimate of drug-likeness (QED) is 0.402. The van der Waals surface area contributed by atoms with Gasteiger partial charge in [-0.25, -0.2) is 14.5 Å². The fourth-order valence-electron chi connectivity index (χ4n) is 3.68. The fraction of sp³-hybridized carbons (Fsp3) is 0.0870. The third-order valence-electron chi connectivity index (χ3n) is 5.19. The molecular weight excluding hydrogens is 438 g/mol. The Morgan fingerprint density at radius 2 is 2.06 bits per heavy atom. The molecule has 0 aliphatic heterocycles. The van der Waals surface area contributed by atoms with E-state index < -0.39 is 11.9 Å². The van der Waals surface area contributed by atoms with E-state index in [1.54, 1.807) is 42.9 Å². The third kappa shape index (κ3) is 3.31. The van der Waals surface area contributed by atoms with Crippen molar-refractivity contribution >= 4 is 38.9 Å². The first-order valence-corrected chi connectivity index (χ1v) is 10.8. The first kappa shape index (κ1) is 20.4. The van der Waals surface area contributed by atoms with Gasteiger partial charge in [-0.1, -0.05) is 24.1 Å². The molecule has 0 bridgehead atoms. The molecule has 1 amide bonds. The van der Waals surface area contributed by atoms with Crippen molar-refractivity contribution in [2.24, 2.45) is 0 Å². The third-order valence-corrected chi connectivity index (χ3v) is 6.06. The molecule has 5 aromatic rings. The van der Waals surface area contributed by atoms with Crippen LogP contribution in [0.4, 0.5) is 5.82 Å². The Hall–Kier alpha value is -4.49. The SMILES string of the molecule is C#Cc1csc2nc(C(C)NC(=O)c3c(N)nn4cccnc34)n(-c3ccccc3)c(=O)c12. The number of anilines is 1. The molecule has 1 atom stereocenters. The van der Waals surface area contributed by atoms with Gasteiger partial charge >= 0.3 is 0 Å². The van der Waals surface area contributed by atoms with Crippen molar-refractivity contribution in [2.75, 3.05) is 5.73 Å². The summed E-state index contributed by atoms with van der Waals surface area (Å²) in [6.45, 7) is 1.75. The van der Waals surface area contributed by atoms with Crippen molar-refractivity contribution in [3.63, 3.8) is 0 Å². The lowest BCUT2D eigenvalue weighted by Crippen LogP contribution is -2.33. The maximum absolute atomic E-state index is 13.5. The van der Waals surface area contributed by atoms with E-state index in [-0.39, 0.29) is 16.9 Å². The highest BCUT2D eigenvalue weighted by Gasteiger charge is 2.25. The lowest BCUT2D eigenvalue weighted by atomic mass is 10.2. The monoisotopic (exact) mass is 455 g/mol. The van der Waals surface area contributed by atoms with Gasteiger partial charge in [0.15, 0.2) is 11.5 Å². The van der Waals surface area contributed by atoms with Crippen molar-refractivity contribution in [3.05, 3.63) is 81.5 Å². The summed E-state index contributed by atoms with van der Waals surface area (Å²) in [5.74, 6) is 2.49. The first-order valence-electron chi connectivity index (χ1n) is 9.95. The molecule has 0 aliphatic carbocycles. The average molecular weight is 456 g/mol. The molecule has 5 rings (SSSR count). The summed E-state index contributed by atoms with van der Waals surface area (Å²) in [5, 5.41) is 9.12. The van der Waals surface area contributed by atoms with Crippen molar-refractivity contribution < 1.29 is 4.79 Å². The predicted octanol–water partition coefficient (Wildman–Crippen LogP) is 2.54. The summed E-state index contributed by atoms with van der Waals surface area (Å²) in [6.07, 6.45) is 8.80. The number of carbonyl (C=O) groups is 1. The average Bonchev–Trinajstić information content (AvgIpc) is 3.39. The van der Waals surface area contributed by atoms with Crippen LogP contribution < -0.4 is 16.6 Å². The van der Waals surface area contributed by atoms with Crippen LogP contribution in [0.5, 0.6) is 0 Å². The van der Waals surface area contributed by atoms with E-state index >= 15 is 0 Å². The highest BCUT2D eigenvalue weighted by atomic mass is 32.1. The van der Waals surface area contributed by atoms with Gasteiger partial charge in [-0.05, 0) is 25.1 Å². The van der Waals surface area contributed by atoms with Crippen LogP contribution in [0.3, 0.4) is 0 Å². The predicted molar refractivity (Wildman–Crippen MR) is 126 cm³/mol. The van der Waals surface area contributed by atoms with Crippen LogP contribution in [-0.2, 0) is 0 Å². The number of nitrogens with one attached hydrogen (secondary N) is 1. The second-order valence-electron chi connectivity index (χ2n) is 7.26. The minimum Gasteiger partial charge on any atom is -0.381 e. The van der Waals surface area contributed by atoms with Crippen molar-refractivity contribution in [1.82, 2.24) is 29.5 Å². The summed E-state index contributed by atoms with van der Waals surface area (Å²) in [4.78, 5) is 36.1. The number of hydrogen-bond donors (Lipinski definition) is 2. The zero-order valence-electron chi connectivity index (χ0n) is 17.4. The molecule has 0 aliphatic rings. The summed E-state index contributed by atoms with van der Waals surface area (Å²) < 4.78 is 2.91. The first-order chi connectivity index (χ1) is 16.0. The second-order valence-corrected chi connectivity index (χ2v) is 8.12. The fourth-order valence-corrected chi connectivity index (χ4v) is 4.56. The van der Waals surface area contributed by atoms with E-state index in [2.05, 4.69) is 21.3 Å². The number of nitrogen functional groups attached to an aromatic ring is 1. The number of thiophene rings is 1. The van der Waals surface area contributed by atoms with Gasteiger partial charge in [-0.3, -0.25) is 14.2 Å². The zero-order valence-corrected chi connectivity index (χ0v) is 18.2. The molecular formula is C23H17N7O2S. The molecule has 4 aromatic heterocycles. The Morgan fingerprint density at radius 3 is 2.82 bits per heavy atom. The lowest BCUT2D eigenvalue weighted by Gasteiger charge is -2.19. The van der Waals surface area contributed by atoms with Gasteiger partial charge in [-0.2, -0.15) is 0 Å². The molecule has 0 fully saturated rings. The molecule has 3 N–H and O–H groups in total. The largest absolute Gasteiger partial charge is 0.381 e. The molecule has 162 valence electrons. The van der Waals surface area contributed by atoms with Gasteiger partial charge < -0.3 is 11.1 Å². The minimum absolute atomic E-state index is 0.0548. The van der Waals surface area contributed by atoms with Gasteiger partial charge in [0.05, 0.1) is 22.7 Å². The lowest BCUT2D eigenvalue weighted by molar-refractivity contribution is 0.0940. The molecule has 0 radical (unpaired) electrons. The minimum atomic E-state index is -0.649. The zero-order chi connectivity index (χ0) is 23.1. The van der Waals surface area contributed by atoms with Gasteiger partial charge in [0.1, 0.15) is 16.2 Å². The van der Waals surface area contributed by atoms with Crippen molar-refractivity contribution in [2.45, 2.75) is 13.0 Å². The smallest absolute Gasteiger partial charge is 0.268 e. The molecule has 9 nitrogen and oxygen atoms in total. The number of benzene rings is 1. The Morgan fingerprint density at radius 1 is 1.27 bits per heavy atom. The summed E-state index contributed by atoms with van der Waals surface area (Å²) >= 11 is 1.29. The highest BCUT2D eigenvalue weighted by Crippen LogP contribution is 2.25. The van der Waals surface area contributed by atoms with Gasteiger partial charge in [0, 0.05) is 17.8 Å². The number of carbonyl (C=O) groups excluding carboxylic acids is 1. The van der Waals surface area contributed by atoms with E-state index in [4.69, 9.17) is 17.1 Å². The van der Waals surface area contributed by atoms with Crippen LogP contribution in [0, 0.1) is 12.3 Å². The van der Waals surface area contributed by atoms with Crippen LogP contribution in [-0.4, -0.2) is 30.1 Å². The topological polar surface area (TPSA) is 120 Å². The van der Waals surface area contributed by atoms with Gasteiger partial charge in [-0.15, -0.1) is 22.9 Å². The van der Waals surface area contributed by atoms with Crippen LogP contribution in [0.15, 0.2) is 59.0 Å². The van der Waals surface area contributed by atoms with E-state index in [0.717, 1.165) is 0 Å². The standard InChI is InChI=1S/C23H17N7O2S/c1-3-14-12-33-22-16(14)23(32)30(15-8-5-4-6-9-15)19(27-22)13(2)26-21(31)17-18(24)28-29-11-7-10-25-20(17)29/h1,4-13H,2H3,(H2,24,28)(H,26,31). The second kappa shape index (κ2) is 7.89. The normalized spacial score (nSPS) is 12.0. The molecule has 0 saturated heterocycles. The molecule has 4 heterocycles. The summed E-state index contributed by atoms with van der Waals surface area (Å²) in [7, 11) is 0. The maximum atomic E-state index is 13.5. The molecule has 33 heavy (non-hydrogen) atoms. The maximum Gasteiger partial charge on any atom is 0.268 e. The number of terminal acetylenes is 1. The van der Waals surface area contributed by atoms with E-state index in [1.807, 2.05) is 18.2 Å². The molecule has 1 aromatic carbocycles. The van der Waals surface area contributed by atoms with Crippen LogP contribution in [0.1, 0.15) is 34.7 Å². The summed E-state index contributed by atoms with van der Waals surface area (Å²) in [5.41, 5.74) is 7.28. The Bertz CT molecular complexity index is 1630. The highest BCUT2D eigenvalue weighted by molar-refractivity contribution is 7.17. The molecule has 0 spiro atoms. The number of nitrogens with zero attached hydrogens (tertiary/aromatic N) is 5. The van der Waals surface area contributed by atoms with E-state index in [1.165, 1.54) is 20.4 Å². The van der Waals surface area contributed by atoms with Gasteiger partial charge in [0.2, 0.25) is 0 Å². The number of nitrogens with two attached hydrogens (primary N) is 1. The Kier molecular flexibility index (Phi) is 4.88. The molecule has 10 heteroatoms. The number of fused-ring (bicyclic) bond motifs is 2. The molecule has 0 saturated carbocycles. The number of rotatable bonds is 4. The van der Waals surface area contributed by atoms with Crippen LogP contribution >= 0.6 is 11.3 Å². The van der Waals surface area contributed by atoms with E-state index in [9.17, 15) is 9.59 Å². The van der Waals surface area contributed by atoms with Crippen molar-refractivity contribution in [3.8, 4) is 18.0 Å². The number of amides is 1. The van der Waals surface area contributed by atoms with Gasteiger partial charge in [0.25, 0.3) is 11.5 Å². The number of aromatic nitrogens is 5. The van der Waals surface area contributed by atoms with Crippen LogP contribution in [0.2, 0.25) is 0 Å². The molecule has 1 unspecified atom stereocenters. The van der Waals surface area contributed by atoms with Crippen molar-refractivity contribution in [1.29, 1.82) is 0 Å². The Labute approximate surface area is 191 Å². The van der Waals surface area contributed by atoms with Crippen LogP contribution in [0.25, 0.3) is 21.6 Å². The van der Waals surface area contributed by atoms with E-state index in [0.29, 0.717) is 32.9 Å².